The van der Waals surface area contributed by atoms with Gasteiger partial charge < -0.3 is 28.4 Å². The largest absolute Gasteiger partial charge is 0.376 e. The molecule has 33 heavy (non-hydrogen) atoms. The zero-order chi connectivity index (χ0) is 23.4. The highest BCUT2D eigenvalue weighted by Gasteiger charge is 2.25. The summed E-state index contributed by atoms with van der Waals surface area (Å²) >= 11 is 0. The Morgan fingerprint density at radius 3 is 2.61 bits per heavy atom. The molecule has 1 saturated heterocycles. The zero-order valence-electron chi connectivity index (χ0n) is 20.6. The van der Waals surface area contributed by atoms with E-state index in [4.69, 9.17) is 33.4 Å². The van der Waals surface area contributed by atoms with Crippen LogP contribution in [0.1, 0.15) is 43.1 Å². The lowest BCUT2D eigenvalue weighted by molar-refractivity contribution is -0.120. The predicted octanol–water partition coefficient (Wildman–Crippen LogP) is 3.78. The van der Waals surface area contributed by atoms with Crippen molar-refractivity contribution in [2.24, 2.45) is 0 Å². The van der Waals surface area contributed by atoms with E-state index in [-0.39, 0.29) is 6.10 Å². The average Bonchev–Trinajstić information content (AvgIpc) is 2.82. The first-order chi connectivity index (χ1) is 16.0. The number of hydrogen-bond donors (Lipinski definition) is 0. The summed E-state index contributed by atoms with van der Waals surface area (Å²) in [5.74, 6) is 1.31. The maximum absolute atomic E-state index is 6.02. The van der Waals surface area contributed by atoms with Crippen molar-refractivity contribution < 1.29 is 28.4 Å². The number of hydrogen-bond acceptors (Lipinski definition) is 8. The molecule has 1 aliphatic heterocycles. The van der Waals surface area contributed by atoms with Crippen molar-refractivity contribution in [3.63, 3.8) is 0 Å². The van der Waals surface area contributed by atoms with Gasteiger partial charge in [-0.15, -0.1) is 0 Å². The minimum absolute atomic E-state index is 0.0536. The van der Waals surface area contributed by atoms with Crippen LogP contribution in [0.25, 0.3) is 0 Å². The normalized spacial score (nSPS) is 24.2. The van der Waals surface area contributed by atoms with Crippen LogP contribution in [-0.2, 0) is 35.0 Å². The molecule has 2 aliphatic rings. The zero-order valence-corrected chi connectivity index (χ0v) is 21.6. The summed E-state index contributed by atoms with van der Waals surface area (Å²) in [4.78, 5) is 9.27. The Labute approximate surface area is 199 Å². The molecule has 0 amide bonds. The molecular formula is C24H42N2O6Si. The van der Waals surface area contributed by atoms with Gasteiger partial charge in [-0.2, -0.15) is 0 Å². The highest BCUT2D eigenvalue weighted by molar-refractivity contribution is 6.76. The molecule has 2 heterocycles. The van der Waals surface area contributed by atoms with Crippen molar-refractivity contribution in [1.29, 1.82) is 0 Å². The van der Waals surface area contributed by atoms with E-state index in [0.717, 1.165) is 49.9 Å². The molecule has 8 nitrogen and oxygen atoms in total. The number of nitrogens with zero attached hydrogens (tertiary/aromatic N) is 2. The van der Waals surface area contributed by atoms with E-state index in [2.05, 4.69) is 24.6 Å². The Bertz CT molecular complexity index is 661. The maximum Gasteiger partial charge on any atom is 0.147 e. The highest BCUT2D eigenvalue weighted by atomic mass is 28.3. The first-order valence-electron chi connectivity index (χ1n) is 12.4. The second-order valence-corrected chi connectivity index (χ2v) is 15.7. The second kappa shape index (κ2) is 14.5. The van der Waals surface area contributed by atoms with Crippen molar-refractivity contribution in [3.05, 3.63) is 23.8 Å². The summed E-state index contributed by atoms with van der Waals surface area (Å²) in [5.41, 5.74) is 0.914. The Morgan fingerprint density at radius 2 is 1.85 bits per heavy atom. The van der Waals surface area contributed by atoms with Crippen molar-refractivity contribution in [2.45, 2.75) is 76.1 Å². The quantitative estimate of drug-likeness (QED) is 0.225. The van der Waals surface area contributed by atoms with Crippen molar-refractivity contribution in [3.8, 4) is 0 Å². The monoisotopic (exact) mass is 482 g/mol. The lowest BCUT2D eigenvalue weighted by Gasteiger charge is -2.28. The minimum Gasteiger partial charge on any atom is -0.376 e. The van der Waals surface area contributed by atoms with Crippen LogP contribution in [0.3, 0.4) is 0 Å². The molecule has 0 N–H and O–H groups in total. The van der Waals surface area contributed by atoms with Gasteiger partial charge in [-0.1, -0.05) is 19.6 Å². The van der Waals surface area contributed by atoms with Crippen LogP contribution in [0.2, 0.25) is 25.7 Å². The van der Waals surface area contributed by atoms with Crippen LogP contribution in [0.5, 0.6) is 0 Å². The van der Waals surface area contributed by atoms with Gasteiger partial charge >= 0.3 is 0 Å². The summed E-state index contributed by atoms with van der Waals surface area (Å²) in [7, 11) is -1.06. The van der Waals surface area contributed by atoms with E-state index < -0.39 is 8.07 Å². The molecule has 0 aromatic carbocycles. The smallest absolute Gasteiger partial charge is 0.147 e. The number of rotatable bonds is 14. The van der Waals surface area contributed by atoms with Crippen LogP contribution >= 0.6 is 0 Å². The summed E-state index contributed by atoms with van der Waals surface area (Å²) in [6, 6.07) is 3.07. The minimum atomic E-state index is -1.06. The van der Waals surface area contributed by atoms with Gasteiger partial charge in [0.1, 0.15) is 18.7 Å². The fourth-order valence-corrected chi connectivity index (χ4v) is 4.70. The summed E-state index contributed by atoms with van der Waals surface area (Å²) in [6.07, 6.45) is 6.33. The second-order valence-electron chi connectivity index (χ2n) is 10.1. The Balaban J connectivity index is 1.26. The maximum atomic E-state index is 6.02. The molecule has 1 saturated carbocycles. The molecule has 1 unspecified atom stereocenters. The molecule has 0 spiro atoms. The van der Waals surface area contributed by atoms with E-state index in [1.807, 2.05) is 12.3 Å². The molecule has 0 radical (unpaired) electrons. The van der Waals surface area contributed by atoms with Gasteiger partial charge in [0, 0.05) is 26.8 Å². The van der Waals surface area contributed by atoms with Gasteiger partial charge in [0.05, 0.1) is 58.0 Å². The molecule has 1 aromatic heterocycles. The van der Waals surface area contributed by atoms with E-state index in [0.29, 0.717) is 65.1 Å². The lowest BCUT2D eigenvalue weighted by Crippen LogP contribution is -2.33. The molecule has 9 heteroatoms. The molecule has 1 atom stereocenters. The van der Waals surface area contributed by atoms with Gasteiger partial charge in [-0.3, -0.25) is 0 Å². The SMILES string of the molecule is C[Si](C)(C)CCOCOCc1ccnc([C@H]2CC[C@H](OCCOCC3COCCO3)CC2)n1. The van der Waals surface area contributed by atoms with Crippen molar-refractivity contribution in [2.75, 3.05) is 53.0 Å². The predicted molar refractivity (Wildman–Crippen MR) is 128 cm³/mol. The van der Waals surface area contributed by atoms with E-state index in [1.165, 1.54) is 0 Å². The van der Waals surface area contributed by atoms with E-state index >= 15 is 0 Å². The van der Waals surface area contributed by atoms with Gasteiger partial charge in [0.15, 0.2) is 0 Å². The van der Waals surface area contributed by atoms with Crippen molar-refractivity contribution in [1.82, 2.24) is 9.97 Å². The van der Waals surface area contributed by atoms with E-state index in [1.54, 1.807) is 0 Å². The summed E-state index contributed by atoms with van der Waals surface area (Å²) < 4.78 is 33.9. The number of aromatic nitrogens is 2. The molecule has 1 aromatic rings. The van der Waals surface area contributed by atoms with Crippen LogP contribution in [0.4, 0.5) is 0 Å². The third-order valence-corrected chi connectivity index (χ3v) is 7.66. The van der Waals surface area contributed by atoms with Crippen molar-refractivity contribution >= 4 is 8.07 Å². The van der Waals surface area contributed by atoms with Crippen LogP contribution in [0, 0.1) is 0 Å². The van der Waals surface area contributed by atoms with Crippen LogP contribution in [0.15, 0.2) is 12.3 Å². The third kappa shape index (κ3) is 10.9. The average molecular weight is 483 g/mol. The Morgan fingerprint density at radius 1 is 1.00 bits per heavy atom. The topological polar surface area (TPSA) is 81.2 Å². The lowest BCUT2D eigenvalue weighted by atomic mass is 9.87. The number of ether oxygens (including phenoxy) is 6. The van der Waals surface area contributed by atoms with Gasteiger partial charge in [0.25, 0.3) is 0 Å². The first-order valence-corrected chi connectivity index (χ1v) is 16.1. The fourth-order valence-electron chi connectivity index (χ4n) is 3.94. The van der Waals surface area contributed by atoms with Gasteiger partial charge in [-0.25, -0.2) is 9.97 Å². The molecule has 188 valence electrons. The van der Waals surface area contributed by atoms with Gasteiger partial charge in [0.2, 0.25) is 0 Å². The standard InChI is InChI=1S/C24H42N2O6Si/c1-33(2,3)15-14-29-19-30-16-21-8-9-25-24(26-21)20-4-6-22(7-5-20)31-12-10-27-17-23-18-28-11-13-32-23/h8-9,20,22-23H,4-7,10-19H2,1-3H3/t20-,22-,23?. The molecule has 2 fully saturated rings. The summed E-state index contributed by atoms with van der Waals surface area (Å²) in [5, 5.41) is 0. The Hall–Kier alpha value is -0.943. The van der Waals surface area contributed by atoms with Crippen LogP contribution < -0.4 is 0 Å². The fraction of sp³-hybridized carbons (Fsp3) is 0.833. The summed E-state index contributed by atoms with van der Waals surface area (Å²) in [6.45, 7) is 12.3. The molecule has 3 rings (SSSR count). The third-order valence-electron chi connectivity index (χ3n) is 5.95. The van der Waals surface area contributed by atoms with E-state index in [9.17, 15) is 0 Å². The molecule has 1 aliphatic carbocycles. The van der Waals surface area contributed by atoms with Crippen LogP contribution in [-0.4, -0.2) is 83.3 Å². The Kier molecular flexibility index (Phi) is 11.7. The molecule has 0 bridgehead atoms. The highest BCUT2D eigenvalue weighted by Crippen LogP contribution is 2.32. The molecular weight excluding hydrogens is 440 g/mol. The van der Waals surface area contributed by atoms with Gasteiger partial charge in [-0.05, 0) is 37.8 Å². The first kappa shape index (κ1) is 26.7.